The van der Waals surface area contributed by atoms with Crippen LogP contribution in [0.3, 0.4) is 0 Å². The Kier molecular flexibility index (Phi) is 1.94. The standard InChI is InChI=1S/C10H8ClN3/c1-5-6(2)10-8(3-7(5)11)13-14-9(10)4-12/h3H,1-2H3,(H,13,14). The molecule has 1 aromatic heterocycles. The molecule has 3 nitrogen and oxygen atoms in total. The molecule has 2 rings (SSSR count). The van der Waals surface area contributed by atoms with Crippen molar-refractivity contribution in [3.05, 3.63) is 27.9 Å². The van der Waals surface area contributed by atoms with Crippen LogP contribution in [-0.2, 0) is 0 Å². The van der Waals surface area contributed by atoms with Crippen molar-refractivity contribution < 1.29 is 0 Å². The van der Waals surface area contributed by atoms with Crippen molar-refractivity contribution in [2.45, 2.75) is 13.8 Å². The van der Waals surface area contributed by atoms with E-state index < -0.39 is 0 Å². The summed E-state index contributed by atoms with van der Waals surface area (Å²) in [6.45, 7) is 3.88. The minimum Gasteiger partial charge on any atom is -0.276 e. The highest BCUT2D eigenvalue weighted by molar-refractivity contribution is 6.32. The number of nitriles is 1. The first-order valence-corrected chi connectivity index (χ1v) is 4.57. The minimum atomic E-state index is 0.428. The van der Waals surface area contributed by atoms with Gasteiger partial charge >= 0.3 is 0 Å². The molecule has 0 aliphatic rings. The third kappa shape index (κ3) is 1.08. The number of nitrogens with one attached hydrogen (secondary N) is 1. The number of benzene rings is 1. The Morgan fingerprint density at radius 3 is 2.79 bits per heavy atom. The van der Waals surface area contributed by atoms with Crippen LogP contribution in [0.5, 0.6) is 0 Å². The van der Waals surface area contributed by atoms with Crippen LogP contribution in [0, 0.1) is 25.2 Å². The number of fused-ring (bicyclic) bond motifs is 1. The number of hydrogen-bond donors (Lipinski definition) is 1. The van der Waals surface area contributed by atoms with Crippen LogP contribution in [0.2, 0.25) is 5.02 Å². The molecule has 70 valence electrons. The Labute approximate surface area is 86.3 Å². The average Bonchev–Trinajstić information content (AvgIpc) is 2.57. The zero-order valence-electron chi connectivity index (χ0n) is 7.85. The molecule has 0 radical (unpaired) electrons. The fraction of sp³-hybridized carbons (Fsp3) is 0.200. The molecule has 0 saturated heterocycles. The molecule has 0 unspecified atom stereocenters. The molecule has 0 saturated carbocycles. The van der Waals surface area contributed by atoms with Gasteiger partial charge in [-0.05, 0) is 31.0 Å². The van der Waals surface area contributed by atoms with Crippen LogP contribution in [0.1, 0.15) is 16.8 Å². The van der Waals surface area contributed by atoms with Gasteiger partial charge in [0.15, 0.2) is 5.69 Å². The summed E-state index contributed by atoms with van der Waals surface area (Å²) in [6, 6.07) is 3.85. The summed E-state index contributed by atoms with van der Waals surface area (Å²) >= 11 is 6.01. The lowest BCUT2D eigenvalue weighted by atomic mass is 10.0. The van der Waals surface area contributed by atoms with Crippen molar-refractivity contribution in [1.29, 1.82) is 5.26 Å². The molecular weight excluding hydrogens is 198 g/mol. The van der Waals surface area contributed by atoms with E-state index in [9.17, 15) is 0 Å². The lowest BCUT2D eigenvalue weighted by Crippen LogP contribution is -1.85. The van der Waals surface area contributed by atoms with Crippen LogP contribution in [0.15, 0.2) is 6.07 Å². The van der Waals surface area contributed by atoms with Gasteiger partial charge in [-0.1, -0.05) is 11.6 Å². The van der Waals surface area contributed by atoms with E-state index in [0.717, 1.165) is 22.0 Å². The molecular formula is C10H8ClN3. The van der Waals surface area contributed by atoms with E-state index in [4.69, 9.17) is 16.9 Å². The summed E-state index contributed by atoms with van der Waals surface area (Å²) in [5.74, 6) is 0. The molecule has 0 atom stereocenters. The SMILES string of the molecule is Cc1c(Cl)cc2[nH]nc(C#N)c2c1C. The molecule has 1 heterocycles. The molecule has 14 heavy (non-hydrogen) atoms. The number of aromatic nitrogens is 2. The number of H-pyrrole nitrogens is 1. The summed E-state index contributed by atoms with van der Waals surface area (Å²) in [5, 5.41) is 17.1. The fourth-order valence-electron chi connectivity index (χ4n) is 1.52. The monoisotopic (exact) mass is 205 g/mol. The highest BCUT2D eigenvalue weighted by Gasteiger charge is 2.11. The maximum Gasteiger partial charge on any atom is 0.170 e. The lowest BCUT2D eigenvalue weighted by molar-refractivity contribution is 1.10. The lowest BCUT2D eigenvalue weighted by Gasteiger charge is -2.03. The second kappa shape index (κ2) is 3.00. The van der Waals surface area contributed by atoms with Gasteiger partial charge in [0.2, 0.25) is 0 Å². The van der Waals surface area contributed by atoms with E-state index in [1.54, 1.807) is 6.07 Å². The van der Waals surface area contributed by atoms with Gasteiger partial charge in [0.25, 0.3) is 0 Å². The number of aromatic amines is 1. The van der Waals surface area contributed by atoms with E-state index in [1.807, 2.05) is 13.8 Å². The molecule has 4 heteroatoms. The van der Waals surface area contributed by atoms with Crippen LogP contribution in [-0.4, -0.2) is 10.2 Å². The van der Waals surface area contributed by atoms with Gasteiger partial charge in [0.1, 0.15) is 6.07 Å². The summed E-state index contributed by atoms with van der Waals surface area (Å²) in [4.78, 5) is 0. The van der Waals surface area contributed by atoms with Crippen molar-refractivity contribution in [2.75, 3.05) is 0 Å². The van der Waals surface area contributed by atoms with Crippen molar-refractivity contribution in [2.24, 2.45) is 0 Å². The second-order valence-corrected chi connectivity index (χ2v) is 3.62. The molecule has 0 aliphatic heterocycles. The third-order valence-electron chi connectivity index (χ3n) is 2.47. The zero-order chi connectivity index (χ0) is 10.3. The first kappa shape index (κ1) is 9.04. The van der Waals surface area contributed by atoms with Gasteiger partial charge in [-0.3, -0.25) is 5.10 Å². The third-order valence-corrected chi connectivity index (χ3v) is 2.86. The Bertz CT molecular complexity index is 548. The van der Waals surface area contributed by atoms with Crippen LogP contribution in [0.25, 0.3) is 10.9 Å². The maximum absolute atomic E-state index is 8.84. The van der Waals surface area contributed by atoms with Crippen LogP contribution in [0.4, 0.5) is 0 Å². The largest absolute Gasteiger partial charge is 0.276 e. The predicted molar refractivity (Wildman–Crippen MR) is 55.3 cm³/mol. The van der Waals surface area contributed by atoms with Gasteiger partial charge < -0.3 is 0 Å². The summed E-state index contributed by atoms with van der Waals surface area (Å²) in [6.07, 6.45) is 0. The normalized spacial score (nSPS) is 10.4. The molecule has 0 amide bonds. The van der Waals surface area contributed by atoms with Gasteiger partial charge in [0, 0.05) is 10.4 Å². The second-order valence-electron chi connectivity index (χ2n) is 3.21. The molecule has 0 spiro atoms. The van der Waals surface area contributed by atoms with E-state index in [1.165, 1.54) is 0 Å². The highest BCUT2D eigenvalue weighted by atomic mass is 35.5. The smallest absolute Gasteiger partial charge is 0.170 e. The Morgan fingerprint density at radius 2 is 2.14 bits per heavy atom. The summed E-state index contributed by atoms with van der Waals surface area (Å²) < 4.78 is 0. The maximum atomic E-state index is 8.84. The zero-order valence-corrected chi connectivity index (χ0v) is 8.61. The first-order valence-electron chi connectivity index (χ1n) is 4.19. The summed E-state index contributed by atoms with van der Waals surface area (Å²) in [7, 11) is 0. The van der Waals surface area contributed by atoms with Gasteiger partial charge in [-0.2, -0.15) is 10.4 Å². The number of rotatable bonds is 0. The van der Waals surface area contributed by atoms with Gasteiger partial charge in [0.05, 0.1) is 5.52 Å². The van der Waals surface area contributed by atoms with E-state index in [0.29, 0.717) is 10.7 Å². The average molecular weight is 206 g/mol. The van der Waals surface area contributed by atoms with Crippen LogP contribution < -0.4 is 0 Å². The molecule has 0 aliphatic carbocycles. The topological polar surface area (TPSA) is 52.5 Å². The minimum absolute atomic E-state index is 0.428. The number of halogens is 1. The van der Waals surface area contributed by atoms with E-state index >= 15 is 0 Å². The molecule has 0 fully saturated rings. The quantitative estimate of drug-likeness (QED) is 0.719. The summed E-state index contributed by atoms with van der Waals surface area (Å²) in [5.41, 5.74) is 3.25. The van der Waals surface area contributed by atoms with Gasteiger partial charge in [-0.25, -0.2) is 0 Å². The number of aryl methyl sites for hydroxylation is 1. The molecule has 1 N–H and O–H groups in total. The Balaban J connectivity index is 2.97. The molecule has 0 bridgehead atoms. The van der Waals surface area contributed by atoms with E-state index in [-0.39, 0.29) is 0 Å². The molecule has 1 aromatic carbocycles. The number of nitrogens with zero attached hydrogens (tertiary/aromatic N) is 2. The first-order chi connectivity index (χ1) is 6.65. The van der Waals surface area contributed by atoms with Crippen molar-refractivity contribution in [3.8, 4) is 6.07 Å². The Morgan fingerprint density at radius 1 is 1.43 bits per heavy atom. The predicted octanol–water partition coefficient (Wildman–Crippen LogP) is 2.70. The Hall–Kier alpha value is -1.53. The van der Waals surface area contributed by atoms with E-state index in [2.05, 4.69) is 16.3 Å². The molecule has 2 aromatic rings. The van der Waals surface area contributed by atoms with Crippen LogP contribution >= 0.6 is 11.6 Å². The van der Waals surface area contributed by atoms with Crippen molar-refractivity contribution in [3.63, 3.8) is 0 Å². The van der Waals surface area contributed by atoms with Gasteiger partial charge in [-0.15, -0.1) is 0 Å². The fourth-order valence-corrected chi connectivity index (χ4v) is 1.77. The number of hydrogen-bond acceptors (Lipinski definition) is 2. The van der Waals surface area contributed by atoms with Crippen molar-refractivity contribution >= 4 is 22.5 Å². The van der Waals surface area contributed by atoms with Crippen molar-refractivity contribution in [1.82, 2.24) is 10.2 Å². The highest BCUT2D eigenvalue weighted by Crippen LogP contribution is 2.28.